The van der Waals surface area contributed by atoms with E-state index < -0.39 is 5.82 Å². The molecule has 5 heteroatoms. The molecule has 1 aromatic carbocycles. The topological polar surface area (TPSA) is 42.2 Å². The summed E-state index contributed by atoms with van der Waals surface area (Å²) in [6, 6.07) is 7.61. The number of benzene rings is 1. The minimum Gasteiger partial charge on any atom is -0.355 e. The fourth-order valence-corrected chi connectivity index (χ4v) is 1.91. The van der Waals surface area contributed by atoms with Crippen molar-refractivity contribution in [1.29, 1.82) is 0 Å². The maximum atomic E-state index is 13.1. The molecule has 3 nitrogen and oxygen atoms in total. The zero-order valence-corrected chi connectivity index (χ0v) is 10.6. The normalized spacial score (nSPS) is 10.5. The molecule has 2 N–H and O–H groups in total. The van der Waals surface area contributed by atoms with Gasteiger partial charge in [0.15, 0.2) is 0 Å². The van der Waals surface area contributed by atoms with Gasteiger partial charge in [-0.25, -0.2) is 13.8 Å². The molecule has 0 saturated heterocycles. The van der Waals surface area contributed by atoms with E-state index in [9.17, 15) is 8.78 Å². The zero-order chi connectivity index (χ0) is 13.8. The number of hydrogen-bond donors (Lipinski definition) is 1. The van der Waals surface area contributed by atoms with E-state index in [1.807, 2.05) is 11.9 Å². The predicted octanol–water partition coefficient (Wildman–Crippen LogP) is 2.45. The van der Waals surface area contributed by atoms with E-state index in [0.717, 1.165) is 11.8 Å². The summed E-state index contributed by atoms with van der Waals surface area (Å²) < 4.78 is 25.9. The third kappa shape index (κ3) is 3.26. The molecule has 1 heterocycles. The fraction of sp³-hybridized carbons (Fsp3) is 0.214. The highest BCUT2D eigenvalue weighted by Crippen LogP contribution is 2.19. The predicted molar refractivity (Wildman–Crippen MR) is 70.6 cm³/mol. The molecule has 2 rings (SSSR count). The van der Waals surface area contributed by atoms with Gasteiger partial charge in [0.1, 0.15) is 17.5 Å². The van der Waals surface area contributed by atoms with Gasteiger partial charge in [0.25, 0.3) is 0 Å². The molecule has 0 bridgehead atoms. The van der Waals surface area contributed by atoms with Crippen LogP contribution in [0.3, 0.4) is 0 Å². The third-order valence-electron chi connectivity index (χ3n) is 2.82. The second kappa shape index (κ2) is 5.75. The minimum absolute atomic E-state index is 0.216. The summed E-state index contributed by atoms with van der Waals surface area (Å²) in [5, 5.41) is 0. The average molecular weight is 263 g/mol. The number of rotatable bonds is 4. The lowest BCUT2D eigenvalue weighted by Crippen LogP contribution is -2.20. The zero-order valence-electron chi connectivity index (χ0n) is 10.6. The third-order valence-corrected chi connectivity index (χ3v) is 2.82. The van der Waals surface area contributed by atoms with Crippen molar-refractivity contribution < 1.29 is 8.78 Å². The molecule has 19 heavy (non-hydrogen) atoms. The van der Waals surface area contributed by atoms with Crippen LogP contribution in [0.4, 0.5) is 14.6 Å². The Kier molecular flexibility index (Phi) is 4.06. The Morgan fingerprint density at radius 3 is 2.47 bits per heavy atom. The highest BCUT2D eigenvalue weighted by molar-refractivity contribution is 5.46. The Hall–Kier alpha value is -2.01. The second-order valence-electron chi connectivity index (χ2n) is 4.32. The number of nitrogens with two attached hydrogens (primary N) is 1. The first kappa shape index (κ1) is 13.4. The fourth-order valence-electron chi connectivity index (χ4n) is 1.91. The molecule has 1 aromatic heterocycles. The van der Waals surface area contributed by atoms with Crippen LogP contribution >= 0.6 is 0 Å². The van der Waals surface area contributed by atoms with E-state index in [-0.39, 0.29) is 12.4 Å². The first-order valence-electron chi connectivity index (χ1n) is 5.90. The minimum atomic E-state index is -0.403. The maximum absolute atomic E-state index is 13.1. The average Bonchev–Trinajstić information content (AvgIpc) is 2.41. The van der Waals surface area contributed by atoms with Crippen LogP contribution in [0.1, 0.15) is 11.1 Å². The van der Waals surface area contributed by atoms with E-state index in [1.54, 1.807) is 12.1 Å². The van der Waals surface area contributed by atoms with E-state index in [0.29, 0.717) is 17.9 Å². The second-order valence-corrected chi connectivity index (χ2v) is 4.32. The lowest BCUT2D eigenvalue weighted by Gasteiger charge is -2.20. The SMILES string of the molecule is CN(Cc1ccc(F)cc1)c1ncc(F)cc1CN. The Morgan fingerprint density at radius 2 is 1.84 bits per heavy atom. The number of pyridine rings is 1. The Labute approximate surface area is 110 Å². The Morgan fingerprint density at radius 1 is 1.16 bits per heavy atom. The van der Waals surface area contributed by atoms with Gasteiger partial charge in [-0.15, -0.1) is 0 Å². The lowest BCUT2D eigenvalue weighted by atomic mass is 10.2. The van der Waals surface area contributed by atoms with Crippen LogP contribution in [0.2, 0.25) is 0 Å². The van der Waals surface area contributed by atoms with Gasteiger partial charge in [-0.2, -0.15) is 0 Å². The standard InChI is InChI=1S/C14H15F2N3/c1-19(9-10-2-4-12(15)5-3-10)14-11(7-17)6-13(16)8-18-14/h2-6,8H,7,9,17H2,1H3. The quantitative estimate of drug-likeness (QED) is 0.921. The van der Waals surface area contributed by atoms with Crippen molar-refractivity contribution in [2.24, 2.45) is 5.73 Å². The molecule has 0 fully saturated rings. The van der Waals surface area contributed by atoms with E-state index in [4.69, 9.17) is 5.73 Å². The highest BCUT2D eigenvalue weighted by Gasteiger charge is 2.10. The summed E-state index contributed by atoms with van der Waals surface area (Å²) in [7, 11) is 1.84. The summed E-state index contributed by atoms with van der Waals surface area (Å²) in [4.78, 5) is 5.92. The monoisotopic (exact) mass is 263 g/mol. The first-order valence-corrected chi connectivity index (χ1v) is 5.90. The van der Waals surface area contributed by atoms with Gasteiger partial charge in [-0.1, -0.05) is 12.1 Å². The molecule has 2 aromatic rings. The summed E-state index contributed by atoms with van der Waals surface area (Å²) >= 11 is 0. The Bertz CT molecular complexity index is 555. The summed E-state index contributed by atoms with van der Waals surface area (Å²) in [5.74, 6) is -0.0402. The Balaban J connectivity index is 2.19. The van der Waals surface area contributed by atoms with Crippen LogP contribution in [0.5, 0.6) is 0 Å². The molecular weight excluding hydrogens is 248 g/mol. The molecule has 0 amide bonds. The van der Waals surface area contributed by atoms with Crippen LogP contribution in [0.15, 0.2) is 36.5 Å². The van der Waals surface area contributed by atoms with Crippen LogP contribution in [-0.2, 0) is 13.1 Å². The summed E-state index contributed by atoms with van der Waals surface area (Å²) in [6.07, 6.45) is 1.16. The number of anilines is 1. The van der Waals surface area contributed by atoms with Gasteiger partial charge in [0.2, 0.25) is 0 Å². The summed E-state index contributed by atoms with van der Waals surface area (Å²) in [6.45, 7) is 0.764. The van der Waals surface area contributed by atoms with Gasteiger partial charge in [0.05, 0.1) is 6.20 Å². The molecule has 100 valence electrons. The van der Waals surface area contributed by atoms with Crippen molar-refractivity contribution in [2.75, 3.05) is 11.9 Å². The molecule has 0 aliphatic carbocycles. The van der Waals surface area contributed by atoms with Crippen LogP contribution < -0.4 is 10.6 Å². The van der Waals surface area contributed by atoms with E-state index in [1.165, 1.54) is 18.2 Å². The molecule has 0 radical (unpaired) electrons. The van der Waals surface area contributed by atoms with Crippen molar-refractivity contribution in [3.05, 3.63) is 59.3 Å². The maximum Gasteiger partial charge on any atom is 0.141 e. The van der Waals surface area contributed by atoms with Crippen molar-refractivity contribution in [2.45, 2.75) is 13.1 Å². The molecule has 0 atom stereocenters. The van der Waals surface area contributed by atoms with Crippen molar-refractivity contribution >= 4 is 5.82 Å². The number of aromatic nitrogens is 1. The molecule has 0 aliphatic heterocycles. The molecule has 0 spiro atoms. The van der Waals surface area contributed by atoms with Crippen molar-refractivity contribution in [3.8, 4) is 0 Å². The molecular formula is C14H15F2N3. The highest BCUT2D eigenvalue weighted by atomic mass is 19.1. The van der Waals surface area contributed by atoms with Gasteiger partial charge in [-0.05, 0) is 23.8 Å². The largest absolute Gasteiger partial charge is 0.355 e. The lowest BCUT2D eigenvalue weighted by molar-refractivity contribution is 0.617. The molecule has 0 aliphatic rings. The van der Waals surface area contributed by atoms with E-state index in [2.05, 4.69) is 4.98 Å². The first-order chi connectivity index (χ1) is 9.10. The molecule has 0 saturated carbocycles. The van der Waals surface area contributed by atoms with Gasteiger partial charge >= 0.3 is 0 Å². The number of hydrogen-bond acceptors (Lipinski definition) is 3. The van der Waals surface area contributed by atoms with Gasteiger partial charge in [-0.3, -0.25) is 0 Å². The molecule has 0 unspecified atom stereocenters. The van der Waals surface area contributed by atoms with Crippen LogP contribution in [-0.4, -0.2) is 12.0 Å². The van der Waals surface area contributed by atoms with Crippen molar-refractivity contribution in [3.63, 3.8) is 0 Å². The van der Waals surface area contributed by atoms with Crippen LogP contribution in [0, 0.1) is 11.6 Å². The number of nitrogens with zero attached hydrogens (tertiary/aromatic N) is 2. The van der Waals surface area contributed by atoms with E-state index >= 15 is 0 Å². The van der Waals surface area contributed by atoms with Crippen LogP contribution in [0.25, 0.3) is 0 Å². The van der Waals surface area contributed by atoms with Gasteiger partial charge in [0, 0.05) is 25.7 Å². The number of halogens is 2. The van der Waals surface area contributed by atoms with Gasteiger partial charge < -0.3 is 10.6 Å². The smallest absolute Gasteiger partial charge is 0.141 e. The van der Waals surface area contributed by atoms with Crippen molar-refractivity contribution in [1.82, 2.24) is 4.98 Å². The summed E-state index contributed by atoms with van der Waals surface area (Å²) in [5.41, 5.74) is 7.17.